The molecule has 0 aliphatic rings. The molecule has 0 N–H and O–H groups in total. The third-order valence-electron chi connectivity index (χ3n) is 1.86. The maximum Gasteiger partial charge on any atom is 0.119 e. The number of ether oxygens (including phenoxy) is 1. The summed E-state index contributed by atoms with van der Waals surface area (Å²) in [5.41, 5.74) is 1.00. The van der Waals surface area contributed by atoms with Gasteiger partial charge in [0.25, 0.3) is 0 Å². The number of fused-ring (bicyclic) bond motifs is 1. The largest absolute Gasteiger partial charge is 0.497 e. The van der Waals surface area contributed by atoms with E-state index < -0.39 is 0 Å². The predicted octanol–water partition coefficient (Wildman–Crippen LogP) is 2.85. The highest BCUT2D eigenvalue weighted by Crippen LogP contribution is 2.20. The van der Waals surface area contributed by atoms with Gasteiger partial charge in [0, 0.05) is 15.2 Å². The van der Waals surface area contributed by atoms with Gasteiger partial charge in [0.15, 0.2) is 0 Å². The SMILES string of the molecule is COc1ccc2ncc(I)cc2c1. The lowest BCUT2D eigenvalue weighted by atomic mass is 10.2. The Kier molecular flexibility index (Phi) is 2.35. The van der Waals surface area contributed by atoms with Crippen molar-refractivity contribution in [2.45, 2.75) is 0 Å². The van der Waals surface area contributed by atoms with E-state index in [2.05, 4.69) is 33.6 Å². The first-order valence-electron chi connectivity index (χ1n) is 3.89. The standard InChI is InChI=1S/C10H8INO/c1-13-9-2-3-10-7(5-9)4-8(11)6-12-10/h2-6H,1H3. The first-order chi connectivity index (χ1) is 6.29. The number of rotatable bonds is 1. The smallest absolute Gasteiger partial charge is 0.119 e. The minimum atomic E-state index is 0.872. The molecule has 0 amide bonds. The van der Waals surface area contributed by atoms with Gasteiger partial charge in [-0.25, -0.2) is 0 Å². The van der Waals surface area contributed by atoms with Crippen LogP contribution >= 0.6 is 22.6 Å². The van der Waals surface area contributed by atoms with Gasteiger partial charge in [-0.05, 0) is 46.9 Å². The predicted molar refractivity (Wildman–Crippen MR) is 61.0 cm³/mol. The van der Waals surface area contributed by atoms with Crippen molar-refractivity contribution in [2.75, 3.05) is 7.11 Å². The Balaban J connectivity index is 2.68. The number of nitrogens with zero attached hydrogens (tertiary/aromatic N) is 1. The van der Waals surface area contributed by atoms with E-state index in [1.807, 2.05) is 24.4 Å². The summed E-state index contributed by atoms with van der Waals surface area (Å²) in [7, 11) is 1.67. The van der Waals surface area contributed by atoms with E-state index >= 15 is 0 Å². The van der Waals surface area contributed by atoms with Gasteiger partial charge in [0.1, 0.15) is 5.75 Å². The van der Waals surface area contributed by atoms with E-state index in [0.29, 0.717) is 0 Å². The van der Waals surface area contributed by atoms with E-state index in [0.717, 1.165) is 20.2 Å². The lowest BCUT2D eigenvalue weighted by molar-refractivity contribution is 0.415. The minimum absolute atomic E-state index is 0.872. The molecule has 0 unspecified atom stereocenters. The highest BCUT2D eigenvalue weighted by molar-refractivity contribution is 14.1. The van der Waals surface area contributed by atoms with Gasteiger partial charge in [-0.3, -0.25) is 4.98 Å². The number of methoxy groups -OCH3 is 1. The molecule has 1 aromatic heterocycles. The minimum Gasteiger partial charge on any atom is -0.497 e. The topological polar surface area (TPSA) is 22.1 Å². The summed E-state index contributed by atoms with van der Waals surface area (Å²) in [4.78, 5) is 4.29. The van der Waals surface area contributed by atoms with Gasteiger partial charge >= 0.3 is 0 Å². The van der Waals surface area contributed by atoms with Crippen molar-refractivity contribution >= 4 is 33.5 Å². The summed E-state index contributed by atoms with van der Waals surface area (Å²) in [5.74, 6) is 0.872. The van der Waals surface area contributed by atoms with Gasteiger partial charge in [0.05, 0.1) is 12.6 Å². The van der Waals surface area contributed by atoms with Crippen molar-refractivity contribution < 1.29 is 4.74 Å². The van der Waals surface area contributed by atoms with Crippen LogP contribution in [0.3, 0.4) is 0 Å². The quantitative estimate of drug-likeness (QED) is 0.752. The van der Waals surface area contributed by atoms with E-state index in [1.54, 1.807) is 7.11 Å². The normalized spacial score (nSPS) is 10.3. The van der Waals surface area contributed by atoms with Crippen LogP contribution in [0.15, 0.2) is 30.5 Å². The maximum atomic E-state index is 5.13. The van der Waals surface area contributed by atoms with Crippen molar-refractivity contribution in [1.82, 2.24) is 4.98 Å². The lowest BCUT2D eigenvalue weighted by Crippen LogP contribution is -1.84. The molecule has 0 radical (unpaired) electrons. The van der Waals surface area contributed by atoms with Crippen LogP contribution in [-0.4, -0.2) is 12.1 Å². The van der Waals surface area contributed by atoms with Gasteiger partial charge in [0.2, 0.25) is 0 Å². The monoisotopic (exact) mass is 285 g/mol. The Hall–Kier alpha value is -0.840. The Morgan fingerprint density at radius 3 is 2.92 bits per heavy atom. The molecule has 0 aliphatic carbocycles. The molecule has 13 heavy (non-hydrogen) atoms. The van der Waals surface area contributed by atoms with Crippen molar-refractivity contribution in [2.24, 2.45) is 0 Å². The molecule has 0 aliphatic heterocycles. The van der Waals surface area contributed by atoms with E-state index in [-0.39, 0.29) is 0 Å². The molecule has 0 atom stereocenters. The molecule has 0 saturated heterocycles. The van der Waals surface area contributed by atoms with Crippen LogP contribution in [-0.2, 0) is 0 Å². The molecule has 0 bridgehead atoms. The fourth-order valence-corrected chi connectivity index (χ4v) is 1.68. The molecule has 0 spiro atoms. The molecular formula is C10H8INO. The number of aromatic nitrogens is 1. The number of benzene rings is 1. The van der Waals surface area contributed by atoms with Crippen LogP contribution < -0.4 is 4.74 Å². The average molecular weight is 285 g/mol. The Morgan fingerprint density at radius 1 is 1.31 bits per heavy atom. The third-order valence-corrected chi connectivity index (χ3v) is 2.44. The molecule has 66 valence electrons. The molecule has 1 aromatic carbocycles. The van der Waals surface area contributed by atoms with Crippen LogP contribution in [0.5, 0.6) is 5.75 Å². The van der Waals surface area contributed by atoms with Crippen LogP contribution in [0.2, 0.25) is 0 Å². The zero-order valence-electron chi connectivity index (χ0n) is 7.12. The summed E-state index contributed by atoms with van der Waals surface area (Å²) in [6.45, 7) is 0. The molecule has 2 nitrogen and oxygen atoms in total. The summed E-state index contributed by atoms with van der Waals surface area (Å²) in [6, 6.07) is 7.96. The fraction of sp³-hybridized carbons (Fsp3) is 0.100. The van der Waals surface area contributed by atoms with Crippen LogP contribution in [0.4, 0.5) is 0 Å². The maximum absolute atomic E-state index is 5.13. The van der Waals surface area contributed by atoms with Crippen molar-refractivity contribution in [3.63, 3.8) is 0 Å². The molecule has 2 aromatic rings. The van der Waals surface area contributed by atoms with Crippen molar-refractivity contribution in [3.05, 3.63) is 34.0 Å². The van der Waals surface area contributed by atoms with E-state index in [9.17, 15) is 0 Å². The van der Waals surface area contributed by atoms with Gasteiger partial charge in [-0.15, -0.1) is 0 Å². The third kappa shape index (κ3) is 1.75. The second-order valence-corrected chi connectivity index (χ2v) is 3.96. The zero-order chi connectivity index (χ0) is 9.26. The zero-order valence-corrected chi connectivity index (χ0v) is 9.28. The molecule has 2 rings (SSSR count). The average Bonchev–Trinajstić information content (AvgIpc) is 2.16. The van der Waals surface area contributed by atoms with E-state index in [1.165, 1.54) is 0 Å². The van der Waals surface area contributed by atoms with Crippen LogP contribution in [0.1, 0.15) is 0 Å². The lowest BCUT2D eigenvalue weighted by Gasteiger charge is -2.01. The molecular weight excluding hydrogens is 277 g/mol. The second-order valence-electron chi connectivity index (χ2n) is 2.71. The number of halogens is 1. The van der Waals surface area contributed by atoms with Gasteiger partial charge < -0.3 is 4.74 Å². The number of hydrogen-bond acceptors (Lipinski definition) is 2. The summed E-state index contributed by atoms with van der Waals surface area (Å²) in [6.07, 6.45) is 1.86. The summed E-state index contributed by atoms with van der Waals surface area (Å²) >= 11 is 2.25. The van der Waals surface area contributed by atoms with Crippen LogP contribution in [0.25, 0.3) is 10.9 Å². The number of pyridine rings is 1. The molecule has 0 fully saturated rings. The molecule has 0 saturated carbocycles. The first kappa shape index (κ1) is 8.74. The van der Waals surface area contributed by atoms with Crippen molar-refractivity contribution in [3.8, 4) is 5.75 Å². The fourth-order valence-electron chi connectivity index (χ4n) is 1.21. The second kappa shape index (κ2) is 3.49. The summed E-state index contributed by atoms with van der Waals surface area (Å²) < 4.78 is 6.27. The highest BCUT2D eigenvalue weighted by Gasteiger charge is 1.97. The van der Waals surface area contributed by atoms with E-state index in [4.69, 9.17) is 4.74 Å². The highest BCUT2D eigenvalue weighted by atomic mass is 127. The Bertz CT molecular complexity index is 442. The van der Waals surface area contributed by atoms with Crippen LogP contribution in [0, 0.1) is 3.57 Å². The molecule has 3 heteroatoms. The molecule has 1 heterocycles. The first-order valence-corrected chi connectivity index (χ1v) is 4.97. The van der Waals surface area contributed by atoms with Gasteiger partial charge in [-0.1, -0.05) is 0 Å². The van der Waals surface area contributed by atoms with Crippen molar-refractivity contribution in [1.29, 1.82) is 0 Å². The Morgan fingerprint density at radius 2 is 2.15 bits per heavy atom. The number of hydrogen-bond donors (Lipinski definition) is 0. The van der Waals surface area contributed by atoms with Gasteiger partial charge in [-0.2, -0.15) is 0 Å². The Labute approximate surface area is 90.1 Å². The summed E-state index contributed by atoms with van der Waals surface area (Å²) in [5, 5.41) is 1.12.